The second-order valence-electron chi connectivity index (χ2n) is 5.99. The maximum Gasteiger partial charge on any atom is 0.0648 e. The Morgan fingerprint density at radius 2 is 1.62 bits per heavy atom. The van der Waals surface area contributed by atoms with Gasteiger partial charge in [0, 0.05) is 6.42 Å². The Morgan fingerprint density at radius 1 is 1.00 bits per heavy atom. The third-order valence-electron chi connectivity index (χ3n) is 4.87. The van der Waals surface area contributed by atoms with E-state index >= 15 is 0 Å². The van der Waals surface area contributed by atoms with Crippen LogP contribution in [0, 0.1) is 17.8 Å². The molecule has 2 fully saturated rings. The lowest BCUT2D eigenvalue weighted by Crippen LogP contribution is -2.38. The monoisotopic (exact) mass is 220 g/mol. The van der Waals surface area contributed by atoms with Gasteiger partial charge in [0.25, 0.3) is 0 Å². The zero-order valence-corrected chi connectivity index (χ0v) is 10.3. The average molecular weight is 220 g/mol. The van der Waals surface area contributed by atoms with Crippen LogP contribution in [0.3, 0.4) is 0 Å². The minimum absolute atomic E-state index is 0.384. The fourth-order valence-electron chi connectivity index (χ4n) is 3.64. The topological polar surface area (TPSA) is 20.2 Å². The molecule has 1 heteroatoms. The molecule has 1 N–H and O–H groups in total. The highest BCUT2D eigenvalue weighted by atomic mass is 16.3. The number of aliphatic hydroxyl groups is 1. The van der Waals surface area contributed by atoms with Gasteiger partial charge >= 0.3 is 0 Å². The molecule has 90 valence electrons. The van der Waals surface area contributed by atoms with Crippen molar-refractivity contribution >= 4 is 0 Å². The Hall–Kier alpha value is -0.480. The van der Waals surface area contributed by atoms with E-state index in [9.17, 15) is 5.11 Å². The Morgan fingerprint density at radius 3 is 2.19 bits per heavy atom. The second-order valence-corrected chi connectivity index (χ2v) is 5.99. The van der Waals surface area contributed by atoms with E-state index in [0.29, 0.717) is 5.41 Å². The summed E-state index contributed by atoms with van der Waals surface area (Å²) in [6.45, 7) is 0. The Bertz CT molecular complexity index is 258. The van der Waals surface area contributed by atoms with Crippen molar-refractivity contribution in [3.63, 3.8) is 0 Å². The van der Waals surface area contributed by atoms with Gasteiger partial charge in [0.15, 0.2) is 0 Å². The summed E-state index contributed by atoms with van der Waals surface area (Å²) in [5.41, 5.74) is 0.239. The predicted octanol–water partition coefficient (Wildman–Crippen LogP) is 3.66. The number of unbranched alkanes of at least 4 members (excludes halogenated alkanes) is 1. The lowest BCUT2D eigenvalue weighted by Gasteiger charge is -2.42. The molecule has 2 saturated carbocycles. The molecule has 0 amide bonds. The first kappa shape index (κ1) is 12.0. The molecule has 0 aromatic rings. The molecular weight excluding hydrogens is 196 g/mol. The van der Waals surface area contributed by atoms with Crippen LogP contribution in [-0.4, -0.2) is 10.7 Å². The minimum Gasteiger partial charge on any atom is -0.390 e. The summed E-state index contributed by atoms with van der Waals surface area (Å²) in [5.74, 6) is 2.66. The minimum atomic E-state index is -0.384. The van der Waals surface area contributed by atoms with Crippen molar-refractivity contribution < 1.29 is 5.11 Å². The molecule has 0 bridgehead atoms. The standard InChI is InChI=1S/C15H24O/c1-2-3-4-9-15(16)12-10-14(11-13-15)7-5-6-8-14/h1,16H,3-13H2. The van der Waals surface area contributed by atoms with E-state index in [4.69, 9.17) is 6.42 Å². The van der Waals surface area contributed by atoms with Crippen LogP contribution in [0.2, 0.25) is 0 Å². The van der Waals surface area contributed by atoms with Gasteiger partial charge in [0.05, 0.1) is 5.60 Å². The summed E-state index contributed by atoms with van der Waals surface area (Å²) in [7, 11) is 0. The molecule has 0 aromatic heterocycles. The first-order valence-electron chi connectivity index (χ1n) is 6.84. The van der Waals surface area contributed by atoms with Crippen molar-refractivity contribution in [1.29, 1.82) is 0 Å². The quantitative estimate of drug-likeness (QED) is 0.568. The smallest absolute Gasteiger partial charge is 0.0648 e. The van der Waals surface area contributed by atoms with Crippen LogP contribution in [0.5, 0.6) is 0 Å². The van der Waals surface area contributed by atoms with Crippen molar-refractivity contribution in [2.24, 2.45) is 5.41 Å². The van der Waals surface area contributed by atoms with Crippen molar-refractivity contribution in [3.05, 3.63) is 0 Å². The molecule has 16 heavy (non-hydrogen) atoms. The van der Waals surface area contributed by atoms with Crippen molar-refractivity contribution in [2.45, 2.75) is 76.2 Å². The largest absolute Gasteiger partial charge is 0.390 e. The van der Waals surface area contributed by atoms with Gasteiger partial charge in [0.1, 0.15) is 0 Å². The van der Waals surface area contributed by atoms with Gasteiger partial charge in [-0.05, 0) is 56.8 Å². The summed E-state index contributed by atoms with van der Waals surface area (Å²) in [5, 5.41) is 10.5. The maximum atomic E-state index is 10.5. The van der Waals surface area contributed by atoms with Gasteiger partial charge in [-0.3, -0.25) is 0 Å². The summed E-state index contributed by atoms with van der Waals surface area (Å²) < 4.78 is 0. The van der Waals surface area contributed by atoms with E-state index in [1.807, 2.05) is 0 Å². The van der Waals surface area contributed by atoms with Gasteiger partial charge in [-0.15, -0.1) is 12.3 Å². The first-order chi connectivity index (χ1) is 7.68. The maximum absolute atomic E-state index is 10.5. The van der Waals surface area contributed by atoms with Crippen LogP contribution in [0.1, 0.15) is 70.6 Å². The molecule has 1 spiro atoms. The van der Waals surface area contributed by atoms with Crippen LogP contribution in [0.15, 0.2) is 0 Å². The molecule has 1 nitrogen and oxygen atoms in total. The summed E-state index contributed by atoms with van der Waals surface area (Å²) in [4.78, 5) is 0. The lowest BCUT2D eigenvalue weighted by atomic mass is 9.66. The van der Waals surface area contributed by atoms with E-state index in [-0.39, 0.29) is 5.60 Å². The number of hydrogen-bond donors (Lipinski definition) is 1. The summed E-state index contributed by atoms with van der Waals surface area (Å²) in [6, 6.07) is 0. The predicted molar refractivity (Wildman–Crippen MR) is 67.0 cm³/mol. The molecule has 2 aliphatic rings. The van der Waals surface area contributed by atoms with Crippen LogP contribution >= 0.6 is 0 Å². The van der Waals surface area contributed by atoms with E-state index in [0.717, 1.165) is 32.1 Å². The number of rotatable bonds is 3. The molecular formula is C15H24O. The fourth-order valence-corrected chi connectivity index (χ4v) is 3.64. The SMILES string of the molecule is C#CCCCC1(O)CCC2(CCCC2)CC1. The third-order valence-corrected chi connectivity index (χ3v) is 4.87. The highest BCUT2D eigenvalue weighted by molar-refractivity contribution is 4.95. The summed E-state index contributed by atoms with van der Waals surface area (Å²) >= 11 is 0. The van der Waals surface area contributed by atoms with Crippen LogP contribution in [0.25, 0.3) is 0 Å². The van der Waals surface area contributed by atoms with Crippen molar-refractivity contribution in [3.8, 4) is 12.3 Å². The highest BCUT2D eigenvalue weighted by Gasteiger charge is 2.42. The molecule has 2 aliphatic carbocycles. The molecule has 0 saturated heterocycles. The van der Waals surface area contributed by atoms with Gasteiger partial charge < -0.3 is 5.11 Å². The van der Waals surface area contributed by atoms with Crippen LogP contribution < -0.4 is 0 Å². The highest BCUT2D eigenvalue weighted by Crippen LogP contribution is 2.51. The summed E-state index contributed by atoms with van der Waals surface area (Å²) in [6.07, 6.45) is 18.1. The fraction of sp³-hybridized carbons (Fsp3) is 0.867. The lowest BCUT2D eigenvalue weighted by molar-refractivity contribution is -0.0397. The zero-order chi connectivity index (χ0) is 11.5. The van der Waals surface area contributed by atoms with Crippen molar-refractivity contribution in [1.82, 2.24) is 0 Å². The van der Waals surface area contributed by atoms with Crippen LogP contribution in [0.4, 0.5) is 0 Å². The van der Waals surface area contributed by atoms with Gasteiger partial charge in [-0.2, -0.15) is 0 Å². The Kier molecular flexibility index (Phi) is 3.60. The average Bonchev–Trinajstić information content (AvgIpc) is 2.73. The van der Waals surface area contributed by atoms with E-state index < -0.39 is 0 Å². The number of hydrogen-bond acceptors (Lipinski definition) is 1. The Balaban J connectivity index is 1.81. The van der Waals surface area contributed by atoms with Crippen molar-refractivity contribution in [2.75, 3.05) is 0 Å². The van der Waals surface area contributed by atoms with Gasteiger partial charge in [-0.25, -0.2) is 0 Å². The first-order valence-corrected chi connectivity index (χ1v) is 6.84. The van der Waals surface area contributed by atoms with E-state index in [2.05, 4.69) is 5.92 Å². The van der Waals surface area contributed by atoms with Crippen LogP contribution in [-0.2, 0) is 0 Å². The normalized spacial score (nSPS) is 26.8. The Labute approximate surface area is 99.6 Å². The van der Waals surface area contributed by atoms with E-state index in [1.165, 1.54) is 38.5 Å². The molecule has 0 aliphatic heterocycles. The number of terminal acetylenes is 1. The molecule has 0 unspecified atom stereocenters. The molecule has 0 radical (unpaired) electrons. The molecule has 2 rings (SSSR count). The zero-order valence-electron chi connectivity index (χ0n) is 10.3. The van der Waals surface area contributed by atoms with Gasteiger partial charge in [-0.1, -0.05) is 12.8 Å². The van der Waals surface area contributed by atoms with Gasteiger partial charge in [0.2, 0.25) is 0 Å². The van der Waals surface area contributed by atoms with E-state index in [1.54, 1.807) is 0 Å². The molecule has 0 aromatic carbocycles. The molecule has 0 heterocycles. The molecule has 0 atom stereocenters. The second kappa shape index (κ2) is 4.80. The third kappa shape index (κ3) is 2.61.